The van der Waals surface area contributed by atoms with Gasteiger partial charge in [0.2, 0.25) is 0 Å². The average Bonchev–Trinajstić information content (AvgIpc) is 3.13. The quantitative estimate of drug-likeness (QED) is 0.231. The van der Waals surface area contributed by atoms with Crippen LogP contribution < -0.4 is 4.57 Å². The van der Waals surface area contributed by atoms with Crippen LogP contribution in [0.2, 0.25) is 0 Å². The lowest BCUT2D eigenvalue weighted by atomic mass is 10.1. The first kappa shape index (κ1) is 22.7. The van der Waals surface area contributed by atoms with Gasteiger partial charge in [-0.15, -0.1) is 0 Å². The highest BCUT2D eigenvalue weighted by molar-refractivity contribution is 5.52. The molecule has 2 aromatic rings. The molecule has 0 saturated carbocycles. The molecule has 28 heavy (non-hydrogen) atoms. The summed E-state index contributed by atoms with van der Waals surface area (Å²) in [6, 6.07) is 10.7. The van der Waals surface area contributed by atoms with Gasteiger partial charge in [0, 0.05) is 0 Å². The van der Waals surface area contributed by atoms with Crippen LogP contribution in [0, 0.1) is 0 Å². The highest BCUT2D eigenvalue weighted by Crippen LogP contribution is 2.17. The van der Waals surface area contributed by atoms with Gasteiger partial charge in [-0.1, -0.05) is 83.4 Å². The maximum absolute atomic E-state index is 6.02. The Morgan fingerprint density at radius 3 is 2.14 bits per heavy atom. The van der Waals surface area contributed by atoms with Crippen molar-refractivity contribution in [1.29, 1.82) is 0 Å². The molecule has 0 radical (unpaired) electrons. The number of aromatic nitrogens is 2. The fraction of sp³-hybridized carbons (Fsp3) is 0.640. The molecule has 0 amide bonds. The molecule has 0 fully saturated rings. The molecule has 2 rings (SSSR count). The summed E-state index contributed by atoms with van der Waals surface area (Å²) in [7, 11) is 0. The van der Waals surface area contributed by atoms with Crippen LogP contribution in [0.15, 0.2) is 42.7 Å². The maximum Gasteiger partial charge on any atom is 0.290 e. The van der Waals surface area contributed by atoms with Crippen molar-refractivity contribution in [2.24, 2.45) is 0 Å². The number of imidazole rings is 1. The molecule has 0 unspecified atom stereocenters. The third-order valence-electron chi connectivity index (χ3n) is 5.38. The van der Waals surface area contributed by atoms with E-state index in [0.717, 1.165) is 13.2 Å². The Bertz CT molecular complexity index is 621. The molecule has 0 N–H and O–H groups in total. The second-order valence-electron chi connectivity index (χ2n) is 7.87. The molecule has 1 aromatic carbocycles. The minimum Gasteiger partial charge on any atom is -0.342 e. The molecular weight excluding hydrogens is 344 g/mol. The van der Waals surface area contributed by atoms with Crippen molar-refractivity contribution >= 4 is 0 Å². The molecule has 0 aliphatic heterocycles. The van der Waals surface area contributed by atoms with Gasteiger partial charge in [0.15, 0.2) is 6.73 Å². The van der Waals surface area contributed by atoms with E-state index in [1.165, 1.54) is 82.0 Å². The van der Waals surface area contributed by atoms with Crippen LogP contribution >= 0.6 is 0 Å². The van der Waals surface area contributed by atoms with E-state index in [2.05, 4.69) is 65.7 Å². The summed E-state index contributed by atoms with van der Waals surface area (Å²) in [5.41, 5.74) is 1.27. The SMILES string of the molecule is CCCCCCCCCOC[n+]1ccn(CCCCCC)c1-c1ccccc1. The molecule has 3 heteroatoms. The standard InChI is InChI=1S/C25H41N2O/c1-3-5-7-9-10-11-16-22-28-23-27-21-20-26(19-15-8-6-4-2)25(27)24-17-13-12-14-18-24/h12-14,17-18,20-21H,3-11,15-16,19,22-23H2,1-2H3/q+1. The Morgan fingerprint density at radius 2 is 1.43 bits per heavy atom. The van der Waals surface area contributed by atoms with E-state index in [4.69, 9.17) is 4.74 Å². The van der Waals surface area contributed by atoms with Crippen molar-refractivity contribution in [2.45, 2.75) is 97.8 Å². The number of benzene rings is 1. The minimum atomic E-state index is 0.641. The summed E-state index contributed by atoms with van der Waals surface area (Å²) in [6.45, 7) is 7.11. The summed E-state index contributed by atoms with van der Waals surface area (Å²) in [5, 5.41) is 0. The lowest BCUT2D eigenvalue weighted by Crippen LogP contribution is -2.36. The Balaban J connectivity index is 1.83. The lowest BCUT2D eigenvalue weighted by Gasteiger charge is -2.07. The lowest BCUT2D eigenvalue weighted by molar-refractivity contribution is -0.722. The summed E-state index contributed by atoms with van der Waals surface area (Å²) < 4.78 is 10.7. The summed E-state index contributed by atoms with van der Waals surface area (Å²) in [6.07, 6.45) is 18.8. The number of unbranched alkanes of at least 4 members (excludes halogenated alkanes) is 9. The highest BCUT2D eigenvalue weighted by atomic mass is 16.5. The smallest absolute Gasteiger partial charge is 0.290 e. The summed E-state index contributed by atoms with van der Waals surface area (Å²) in [5.74, 6) is 1.26. The molecule has 0 bridgehead atoms. The second kappa shape index (κ2) is 14.4. The third-order valence-corrected chi connectivity index (χ3v) is 5.38. The van der Waals surface area contributed by atoms with Crippen LogP contribution in [0.1, 0.15) is 84.5 Å². The zero-order valence-electron chi connectivity index (χ0n) is 18.2. The number of hydrogen-bond donors (Lipinski definition) is 0. The fourth-order valence-corrected chi connectivity index (χ4v) is 3.70. The van der Waals surface area contributed by atoms with Crippen molar-refractivity contribution in [2.75, 3.05) is 6.61 Å². The number of hydrogen-bond acceptors (Lipinski definition) is 1. The molecule has 1 heterocycles. The molecule has 0 spiro atoms. The van der Waals surface area contributed by atoms with Gasteiger partial charge >= 0.3 is 0 Å². The number of nitrogens with zero attached hydrogens (tertiary/aromatic N) is 2. The van der Waals surface area contributed by atoms with Crippen LogP contribution in [0.25, 0.3) is 11.4 Å². The van der Waals surface area contributed by atoms with Gasteiger partial charge in [-0.25, -0.2) is 9.13 Å². The van der Waals surface area contributed by atoms with Gasteiger partial charge < -0.3 is 4.74 Å². The van der Waals surface area contributed by atoms with Gasteiger partial charge in [0.1, 0.15) is 12.4 Å². The van der Waals surface area contributed by atoms with E-state index >= 15 is 0 Å². The molecule has 0 atom stereocenters. The van der Waals surface area contributed by atoms with Gasteiger partial charge in [-0.3, -0.25) is 0 Å². The first-order chi connectivity index (χ1) is 13.9. The largest absolute Gasteiger partial charge is 0.342 e. The Kier molecular flexibility index (Phi) is 11.7. The van der Waals surface area contributed by atoms with E-state index in [0.29, 0.717) is 6.73 Å². The predicted octanol–water partition coefficient (Wildman–Crippen LogP) is 6.75. The Morgan fingerprint density at radius 1 is 0.786 bits per heavy atom. The topological polar surface area (TPSA) is 18.0 Å². The maximum atomic E-state index is 6.02. The molecular formula is C25H41N2O+. The first-order valence-electron chi connectivity index (χ1n) is 11.6. The van der Waals surface area contributed by atoms with E-state index in [9.17, 15) is 0 Å². The zero-order valence-corrected chi connectivity index (χ0v) is 18.2. The van der Waals surface area contributed by atoms with Crippen molar-refractivity contribution in [3.63, 3.8) is 0 Å². The molecule has 0 saturated heterocycles. The van der Waals surface area contributed by atoms with Crippen LogP contribution in [0.5, 0.6) is 0 Å². The normalized spacial score (nSPS) is 11.2. The predicted molar refractivity (Wildman–Crippen MR) is 118 cm³/mol. The number of rotatable bonds is 16. The Labute approximate surface area is 172 Å². The second-order valence-corrected chi connectivity index (χ2v) is 7.87. The molecule has 156 valence electrons. The van der Waals surface area contributed by atoms with Crippen LogP contribution in [0.3, 0.4) is 0 Å². The van der Waals surface area contributed by atoms with Crippen LogP contribution in [0.4, 0.5) is 0 Å². The van der Waals surface area contributed by atoms with E-state index in [-0.39, 0.29) is 0 Å². The van der Waals surface area contributed by atoms with Crippen LogP contribution in [-0.4, -0.2) is 11.2 Å². The third kappa shape index (κ3) is 8.18. The zero-order chi connectivity index (χ0) is 19.9. The van der Waals surface area contributed by atoms with Crippen molar-refractivity contribution < 1.29 is 9.30 Å². The highest BCUT2D eigenvalue weighted by Gasteiger charge is 2.18. The van der Waals surface area contributed by atoms with Gasteiger partial charge in [0.25, 0.3) is 5.82 Å². The Hall–Kier alpha value is -1.61. The van der Waals surface area contributed by atoms with E-state index in [1.54, 1.807) is 0 Å². The van der Waals surface area contributed by atoms with Gasteiger partial charge in [-0.2, -0.15) is 0 Å². The minimum absolute atomic E-state index is 0.641. The van der Waals surface area contributed by atoms with E-state index < -0.39 is 0 Å². The number of ether oxygens (including phenoxy) is 1. The van der Waals surface area contributed by atoms with Crippen molar-refractivity contribution in [3.05, 3.63) is 42.7 Å². The van der Waals surface area contributed by atoms with E-state index in [1.807, 2.05) is 0 Å². The summed E-state index contributed by atoms with van der Waals surface area (Å²) >= 11 is 0. The van der Waals surface area contributed by atoms with Crippen molar-refractivity contribution in [3.8, 4) is 11.4 Å². The molecule has 0 aliphatic rings. The van der Waals surface area contributed by atoms with Crippen LogP contribution in [-0.2, 0) is 18.0 Å². The molecule has 1 aromatic heterocycles. The summed E-state index contributed by atoms with van der Waals surface area (Å²) in [4.78, 5) is 0. The van der Waals surface area contributed by atoms with Crippen molar-refractivity contribution in [1.82, 2.24) is 4.57 Å². The molecule has 0 aliphatic carbocycles. The van der Waals surface area contributed by atoms with Gasteiger partial charge in [0.05, 0.1) is 18.7 Å². The van der Waals surface area contributed by atoms with Gasteiger partial charge in [-0.05, 0) is 31.4 Å². The first-order valence-corrected chi connectivity index (χ1v) is 11.6. The molecule has 3 nitrogen and oxygen atoms in total. The average molecular weight is 386 g/mol. The number of aryl methyl sites for hydroxylation is 1. The monoisotopic (exact) mass is 385 g/mol. The fourth-order valence-electron chi connectivity index (χ4n) is 3.70.